The molecule has 2 aromatic rings. The third kappa shape index (κ3) is 3.92. The van der Waals surface area contributed by atoms with Crippen LogP contribution in [-0.4, -0.2) is 45.5 Å². The summed E-state index contributed by atoms with van der Waals surface area (Å²) in [7, 11) is 0. The van der Waals surface area contributed by atoms with Gasteiger partial charge in [-0.05, 0) is 18.1 Å². The fraction of sp³-hybridized carbons (Fsp3) is 0.400. The van der Waals surface area contributed by atoms with Crippen molar-refractivity contribution in [2.75, 3.05) is 0 Å². The second-order valence-electron chi connectivity index (χ2n) is 6.53. The SMILES string of the molecule is C[C@@H]1O[C@@H](O)[C@H](OCc2ccccc2)[C@H](O)[C@]1(O)Cc1ccccc1. The molecule has 1 aliphatic rings. The molecule has 0 saturated carbocycles. The Bertz CT molecular complexity index is 662. The maximum absolute atomic E-state index is 11.1. The minimum absolute atomic E-state index is 0.202. The minimum atomic E-state index is -1.55. The zero-order valence-corrected chi connectivity index (χ0v) is 14.2. The van der Waals surface area contributed by atoms with Crippen LogP contribution < -0.4 is 0 Å². The standard InChI is InChI=1S/C20H24O5/c1-14-20(23,12-15-8-4-2-5-9-15)18(21)17(19(22)25-14)24-13-16-10-6-3-7-11-16/h2-11,14,17-19,21-23H,12-13H2,1H3/t14-,17+,18-,19+,20-/m0/s1. The number of ether oxygens (including phenoxy) is 2. The molecule has 0 spiro atoms. The van der Waals surface area contributed by atoms with E-state index in [0.29, 0.717) is 0 Å². The van der Waals surface area contributed by atoms with E-state index in [0.717, 1.165) is 11.1 Å². The van der Waals surface area contributed by atoms with Gasteiger partial charge in [0.25, 0.3) is 0 Å². The molecule has 3 rings (SSSR count). The van der Waals surface area contributed by atoms with Crippen LogP contribution in [0.1, 0.15) is 18.1 Å². The van der Waals surface area contributed by atoms with E-state index in [1.54, 1.807) is 6.92 Å². The first-order valence-electron chi connectivity index (χ1n) is 8.44. The van der Waals surface area contributed by atoms with E-state index in [1.165, 1.54) is 0 Å². The highest BCUT2D eigenvalue weighted by molar-refractivity contribution is 5.20. The van der Waals surface area contributed by atoms with Gasteiger partial charge in [-0.3, -0.25) is 0 Å². The van der Waals surface area contributed by atoms with Gasteiger partial charge in [0.05, 0.1) is 12.7 Å². The molecule has 3 N–H and O–H groups in total. The maximum atomic E-state index is 11.1. The van der Waals surface area contributed by atoms with E-state index in [1.807, 2.05) is 60.7 Å². The maximum Gasteiger partial charge on any atom is 0.184 e. The van der Waals surface area contributed by atoms with E-state index in [4.69, 9.17) is 9.47 Å². The quantitative estimate of drug-likeness (QED) is 0.769. The highest BCUT2D eigenvalue weighted by Gasteiger charge is 2.53. The van der Waals surface area contributed by atoms with Crippen LogP contribution in [0.15, 0.2) is 60.7 Å². The van der Waals surface area contributed by atoms with Crippen molar-refractivity contribution >= 4 is 0 Å². The summed E-state index contributed by atoms with van der Waals surface area (Å²) >= 11 is 0. The van der Waals surface area contributed by atoms with Crippen molar-refractivity contribution in [3.63, 3.8) is 0 Å². The molecule has 0 unspecified atom stereocenters. The zero-order valence-electron chi connectivity index (χ0n) is 14.2. The largest absolute Gasteiger partial charge is 0.387 e. The number of aliphatic hydroxyl groups excluding tert-OH is 2. The fourth-order valence-corrected chi connectivity index (χ4v) is 3.20. The predicted molar refractivity (Wildman–Crippen MR) is 92.7 cm³/mol. The molecular weight excluding hydrogens is 320 g/mol. The lowest BCUT2D eigenvalue weighted by molar-refractivity contribution is -0.322. The highest BCUT2D eigenvalue weighted by atomic mass is 16.7. The molecule has 1 saturated heterocycles. The van der Waals surface area contributed by atoms with Crippen LogP contribution in [0.4, 0.5) is 0 Å². The molecule has 134 valence electrons. The van der Waals surface area contributed by atoms with Gasteiger partial charge in [-0.2, -0.15) is 0 Å². The molecule has 0 aromatic heterocycles. The number of hydrogen-bond acceptors (Lipinski definition) is 5. The van der Waals surface area contributed by atoms with E-state index < -0.39 is 30.2 Å². The van der Waals surface area contributed by atoms with Crippen molar-refractivity contribution in [2.45, 2.75) is 50.2 Å². The number of benzene rings is 2. The predicted octanol–water partition coefficient (Wildman–Crippen LogP) is 1.64. The van der Waals surface area contributed by atoms with Gasteiger partial charge >= 0.3 is 0 Å². The Morgan fingerprint density at radius 1 is 0.960 bits per heavy atom. The molecule has 2 aromatic carbocycles. The molecule has 0 aliphatic carbocycles. The molecule has 1 fully saturated rings. The summed E-state index contributed by atoms with van der Waals surface area (Å²) in [5.74, 6) is 0. The normalized spacial score (nSPS) is 32.5. The van der Waals surface area contributed by atoms with Gasteiger partial charge in [-0.25, -0.2) is 0 Å². The minimum Gasteiger partial charge on any atom is -0.387 e. The van der Waals surface area contributed by atoms with Crippen LogP contribution in [0.25, 0.3) is 0 Å². The fourth-order valence-electron chi connectivity index (χ4n) is 3.20. The summed E-state index contributed by atoms with van der Waals surface area (Å²) in [6, 6.07) is 18.8. The van der Waals surface area contributed by atoms with Crippen LogP contribution >= 0.6 is 0 Å². The van der Waals surface area contributed by atoms with Gasteiger partial charge in [0, 0.05) is 6.42 Å². The van der Waals surface area contributed by atoms with E-state index >= 15 is 0 Å². The van der Waals surface area contributed by atoms with Gasteiger partial charge in [0.15, 0.2) is 6.29 Å². The van der Waals surface area contributed by atoms with Gasteiger partial charge in [0.1, 0.15) is 17.8 Å². The third-order valence-corrected chi connectivity index (χ3v) is 4.77. The van der Waals surface area contributed by atoms with Crippen LogP contribution in [-0.2, 0) is 22.5 Å². The smallest absolute Gasteiger partial charge is 0.184 e. The third-order valence-electron chi connectivity index (χ3n) is 4.77. The Hall–Kier alpha value is -1.76. The average Bonchev–Trinajstić information content (AvgIpc) is 2.62. The van der Waals surface area contributed by atoms with Gasteiger partial charge in [-0.1, -0.05) is 60.7 Å². The zero-order chi connectivity index (χ0) is 17.9. The molecule has 0 bridgehead atoms. The Morgan fingerprint density at radius 3 is 2.12 bits per heavy atom. The molecule has 1 heterocycles. The van der Waals surface area contributed by atoms with Crippen molar-refractivity contribution in [3.05, 3.63) is 71.8 Å². The Kier molecular flexibility index (Phi) is 5.51. The van der Waals surface area contributed by atoms with Gasteiger partial charge < -0.3 is 24.8 Å². The van der Waals surface area contributed by atoms with Crippen LogP contribution in [0.3, 0.4) is 0 Å². The number of aliphatic hydroxyl groups is 3. The van der Waals surface area contributed by atoms with E-state index in [2.05, 4.69) is 0 Å². The van der Waals surface area contributed by atoms with E-state index in [9.17, 15) is 15.3 Å². The molecule has 5 atom stereocenters. The lowest BCUT2D eigenvalue weighted by Crippen LogP contribution is -2.66. The lowest BCUT2D eigenvalue weighted by Gasteiger charge is -2.47. The van der Waals surface area contributed by atoms with Crippen molar-refractivity contribution in [3.8, 4) is 0 Å². The van der Waals surface area contributed by atoms with E-state index in [-0.39, 0.29) is 13.0 Å². The lowest BCUT2D eigenvalue weighted by atomic mass is 9.80. The summed E-state index contributed by atoms with van der Waals surface area (Å²) in [5.41, 5.74) is 0.229. The molecule has 0 amide bonds. The molecule has 0 radical (unpaired) electrons. The highest BCUT2D eigenvalue weighted by Crippen LogP contribution is 2.34. The molecule has 25 heavy (non-hydrogen) atoms. The molecule has 5 heteroatoms. The molecule has 1 aliphatic heterocycles. The summed E-state index contributed by atoms with van der Waals surface area (Å²) in [4.78, 5) is 0. The summed E-state index contributed by atoms with van der Waals surface area (Å²) < 4.78 is 11.2. The van der Waals surface area contributed by atoms with Crippen molar-refractivity contribution in [1.82, 2.24) is 0 Å². The number of hydrogen-bond donors (Lipinski definition) is 3. The average molecular weight is 344 g/mol. The van der Waals surface area contributed by atoms with Crippen molar-refractivity contribution in [1.29, 1.82) is 0 Å². The first-order chi connectivity index (χ1) is 12.0. The van der Waals surface area contributed by atoms with Crippen molar-refractivity contribution in [2.24, 2.45) is 0 Å². The first kappa shape index (κ1) is 18.0. The second-order valence-corrected chi connectivity index (χ2v) is 6.53. The van der Waals surface area contributed by atoms with Gasteiger partial charge in [-0.15, -0.1) is 0 Å². The van der Waals surface area contributed by atoms with Gasteiger partial charge in [0.2, 0.25) is 0 Å². The van der Waals surface area contributed by atoms with Crippen LogP contribution in [0, 0.1) is 0 Å². The first-order valence-corrected chi connectivity index (χ1v) is 8.44. The topological polar surface area (TPSA) is 79.2 Å². The van der Waals surface area contributed by atoms with Crippen LogP contribution in [0.5, 0.6) is 0 Å². The number of rotatable bonds is 5. The molecule has 5 nitrogen and oxygen atoms in total. The summed E-state index contributed by atoms with van der Waals surface area (Å²) in [5, 5.41) is 32.0. The Balaban J connectivity index is 1.75. The summed E-state index contributed by atoms with van der Waals surface area (Å²) in [6.07, 6.45) is -4.16. The monoisotopic (exact) mass is 344 g/mol. The Labute approximate surface area is 147 Å². The summed E-state index contributed by atoms with van der Waals surface area (Å²) in [6.45, 7) is 1.85. The second kappa shape index (κ2) is 7.64. The van der Waals surface area contributed by atoms with Crippen molar-refractivity contribution < 1.29 is 24.8 Å². The Morgan fingerprint density at radius 2 is 1.52 bits per heavy atom. The van der Waals surface area contributed by atoms with Crippen LogP contribution in [0.2, 0.25) is 0 Å². The molecular formula is C20H24O5.